The van der Waals surface area contributed by atoms with Gasteiger partial charge in [-0.1, -0.05) is 6.07 Å². The van der Waals surface area contributed by atoms with Crippen LogP contribution in [0.3, 0.4) is 0 Å². The zero-order chi connectivity index (χ0) is 13.2. The van der Waals surface area contributed by atoms with Gasteiger partial charge in [0.25, 0.3) is 0 Å². The average Bonchev–Trinajstić information content (AvgIpc) is 2.89. The lowest BCUT2D eigenvalue weighted by atomic mass is 9.80. The molecule has 1 unspecified atom stereocenters. The molecule has 19 heavy (non-hydrogen) atoms. The van der Waals surface area contributed by atoms with E-state index >= 15 is 0 Å². The number of aliphatic hydroxyl groups is 1. The Hall–Kier alpha value is -1.26. The zero-order valence-corrected chi connectivity index (χ0v) is 11.3. The van der Waals surface area contributed by atoms with E-state index in [2.05, 4.69) is 17.4 Å². The van der Waals surface area contributed by atoms with Crippen LogP contribution in [0.5, 0.6) is 11.5 Å². The highest BCUT2D eigenvalue weighted by atomic mass is 16.7. The summed E-state index contributed by atoms with van der Waals surface area (Å²) in [6.07, 6.45) is 3.86. The first-order chi connectivity index (χ1) is 9.28. The van der Waals surface area contributed by atoms with Crippen LogP contribution in [-0.2, 0) is 0 Å². The number of rotatable bonds is 3. The van der Waals surface area contributed by atoms with Gasteiger partial charge in [0.15, 0.2) is 11.5 Å². The smallest absolute Gasteiger partial charge is 0.231 e. The Balaban J connectivity index is 1.78. The average molecular weight is 263 g/mol. The molecule has 4 heteroatoms. The summed E-state index contributed by atoms with van der Waals surface area (Å²) in [5, 5.41) is 13.0. The van der Waals surface area contributed by atoms with Gasteiger partial charge in [0.2, 0.25) is 6.79 Å². The molecule has 0 bridgehead atoms. The van der Waals surface area contributed by atoms with E-state index in [4.69, 9.17) is 9.47 Å². The number of hydrogen-bond acceptors (Lipinski definition) is 4. The van der Waals surface area contributed by atoms with Gasteiger partial charge in [0, 0.05) is 6.04 Å². The van der Waals surface area contributed by atoms with Gasteiger partial charge in [0.1, 0.15) is 0 Å². The second-order valence-electron chi connectivity index (χ2n) is 5.45. The Bertz CT molecular complexity index is 441. The molecule has 2 aliphatic rings. The highest BCUT2D eigenvalue weighted by Gasteiger charge is 2.28. The minimum absolute atomic E-state index is 0.106. The summed E-state index contributed by atoms with van der Waals surface area (Å²) in [6.45, 7) is 0.318. The molecule has 2 N–H and O–H groups in total. The molecule has 0 saturated heterocycles. The van der Waals surface area contributed by atoms with E-state index in [1.807, 2.05) is 13.1 Å². The van der Waals surface area contributed by atoms with E-state index in [1.54, 1.807) is 0 Å². The topological polar surface area (TPSA) is 50.7 Å². The standard InChI is InChI=1S/C15H21NO3/c1-16-15(10-2-5-12(17)6-3-10)11-4-7-13-14(8-11)19-9-18-13/h4,7-8,10,12,15-17H,2-3,5-6,9H2,1H3. The molecule has 1 atom stereocenters. The SMILES string of the molecule is CNC(c1ccc2c(c1)OCO2)C1CCC(O)CC1. The summed E-state index contributed by atoms with van der Waals surface area (Å²) in [5.41, 5.74) is 1.24. The summed E-state index contributed by atoms with van der Waals surface area (Å²) in [6, 6.07) is 6.50. The van der Waals surface area contributed by atoms with E-state index in [1.165, 1.54) is 5.56 Å². The molecule has 4 nitrogen and oxygen atoms in total. The van der Waals surface area contributed by atoms with Crippen LogP contribution >= 0.6 is 0 Å². The summed E-state index contributed by atoms with van der Waals surface area (Å²) < 4.78 is 10.8. The Morgan fingerprint density at radius 1 is 1.16 bits per heavy atom. The van der Waals surface area contributed by atoms with Crippen LogP contribution in [0, 0.1) is 5.92 Å². The summed E-state index contributed by atoms with van der Waals surface area (Å²) >= 11 is 0. The van der Waals surface area contributed by atoms with Gasteiger partial charge in [-0.15, -0.1) is 0 Å². The first-order valence-corrected chi connectivity index (χ1v) is 7.03. The molecule has 1 saturated carbocycles. The molecule has 0 radical (unpaired) electrons. The van der Waals surface area contributed by atoms with Crippen LogP contribution in [-0.4, -0.2) is 25.1 Å². The molecule has 3 rings (SSSR count). The fourth-order valence-corrected chi connectivity index (χ4v) is 3.22. The third-order valence-corrected chi connectivity index (χ3v) is 4.28. The van der Waals surface area contributed by atoms with Crippen LogP contribution in [0.1, 0.15) is 37.3 Å². The van der Waals surface area contributed by atoms with Gasteiger partial charge < -0.3 is 19.9 Å². The normalized spacial score (nSPS) is 27.3. The first kappa shape index (κ1) is 12.8. The monoisotopic (exact) mass is 263 g/mol. The summed E-state index contributed by atoms with van der Waals surface area (Å²) in [5.74, 6) is 2.25. The van der Waals surface area contributed by atoms with Crippen molar-refractivity contribution in [2.45, 2.75) is 37.8 Å². The minimum Gasteiger partial charge on any atom is -0.454 e. The third-order valence-electron chi connectivity index (χ3n) is 4.28. The van der Waals surface area contributed by atoms with Crippen molar-refractivity contribution in [3.63, 3.8) is 0 Å². The zero-order valence-electron chi connectivity index (χ0n) is 11.3. The van der Waals surface area contributed by atoms with Crippen LogP contribution in [0.25, 0.3) is 0 Å². The Morgan fingerprint density at radius 3 is 2.63 bits per heavy atom. The predicted octanol–water partition coefficient (Wildman–Crippen LogP) is 2.23. The van der Waals surface area contributed by atoms with Gasteiger partial charge in [-0.2, -0.15) is 0 Å². The van der Waals surface area contributed by atoms with Crippen LogP contribution in [0.4, 0.5) is 0 Å². The molecule has 104 valence electrons. The van der Waals surface area contributed by atoms with Gasteiger partial charge in [-0.05, 0) is 56.3 Å². The molecule has 0 spiro atoms. The molecule has 1 aromatic carbocycles. The Morgan fingerprint density at radius 2 is 1.89 bits per heavy atom. The summed E-state index contributed by atoms with van der Waals surface area (Å²) in [7, 11) is 2.00. The highest BCUT2D eigenvalue weighted by Crippen LogP contribution is 2.39. The van der Waals surface area contributed by atoms with Crippen molar-refractivity contribution >= 4 is 0 Å². The Kier molecular flexibility index (Phi) is 3.62. The number of benzene rings is 1. The van der Waals surface area contributed by atoms with Crippen molar-refractivity contribution < 1.29 is 14.6 Å². The highest BCUT2D eigenvalue weighted by molar-refractivity contribution is 5.45. The van der Waals surface area contributed by atoms with E-state index in [0.29, 0.717) is 18.8 Å². The Labute approximate surface area is 113 Å². The number of fused-ring (bicyclic) bond motifs is 1. The lowest BCUT2D eigenvalue weighted by molar-refractivity contribution is 0.0981. The van der Waals surface area contributed by atoms with Crippen molar-refractivity contribution in [1.29, 1.82) is 0 Å². The third kappa shape index (κ3) is 2.55. The van der Waals surface area contributed by atoms with Gasteiger partial charge in [-0.25, -0.2) is 0 Å². The maximum Gasteiger partial charge on any atom is 0.231 e. The van der Waals surface area contributed by atoms with Crippen molar-refractivity contribution in [2.75, 3.05) is 13.8 Å². The molecule has 1 fully saturated rings. The van der Waals surface area contributed by atoms with Crippen molar-refractivity contribution in [2.24, 2.45) is 5.92 Å². The number of hydrogen-bond donors (Lipinski definition) is 2. The maximum atomic E-state index is 9.62. The number of ether oxygens (including phenoxy) is 2. The molecule has 1 aromatic rings. The van der Waals surface area contributed by atoms with Gasteiger partial charge in [0.05, 0.1) is 6.10 Å². The molecule has 1 aliphatic heterocycles. The van der Waals surface area contributed by atoms with Crippen molar-refractivity contribution in [3.8, 4) is 11.5 Å². The molecular weight excluding hydrogens is 242 g/mol. The van der Waals surface area contributed by atoms with E-state index in [0.717, 1.165) is 37.2 Å². The lowest BCUT2D eigenvalue weighted by Gasteiger charge is -2.32. The second kappa shape index (κ2) is 5.39. The number of nitrogens with one attached hydrogen (secondary N) is 1. The van der Waals surface area contributed by atoms with Crippen LogP contribution in [0.15, 0.2) is 18.2 Å². The molecule has 1 aliphatic carbocycles. The lowest BCUT2D eigenvalue weighted by Crippen LogP contribution is -2.30. The van der Waals surface area contributed by atoms with Crippen LogP contribution < -0.4 is 14.8 Å². The molecule has 0 aromatic heterocycles. The van der Waals surface area contributed by atoms with Crippen LogP contribution in [0.2, 0.25) is 0 Å². The predicted molar refractivity (Wildman–Crippen MR) is 72.3 cm³/mol. The van der Waals surface area contributed by atoms with Gasteiger partial charge in [-0.3, -0.25) is 0 Å². The molecule has 1 heterocycles. The quantitative estimate of drug-likeness (QED) is 0.878. The van der Waals surface area contributed by atoms with E-state index in [9.17, 15) is 5.11 Å². The second-order valence-corrected chi connectivity index (χ2v) is 5.45. The molecular formula is C15H21NO3. The number of aliphatic hydroxyl groups excluding tert-OH is 1. The van der Waals surface area contributed by atoms with E-state index in [-0.39, 0.29) is 6.10 Å². The summed E-state index contributed by atoms with van der Waals surface area (Å²) in [4.78, 5) is 0. The van der Waals surface area contributed by atoms with E-state index < -0.39 is 0 Å². The molecule has 0 amide bonds. The first-order valence-electron chi connectivity index (χ1n) is 7.03. The maximum absolute atomic E-state index is 9.62. The van der Waals surface area contributed by atoms with Gasteiger partial charge >= 0.3 is 0 Å². The van der Waals surface area contributed by atoms with Crippen molar-refractivity contribution in [1.82, 2.24) is 5.32 Å². The fourth-order valence-electron chi connectivity index (χ4n) is 3.22. The largest absolute Gasteiger partial charge is 0.454 e. The minimum atomic E-state index is -0.106. The fraction of sp³-hybridized carbons (Fsp3) is 0.600. The van der Waals surface area contributed by atoms with Crippen molar-refractivity contribution in [3.05, 3.63) is 23.8 Å².